The Bertz CT molecular complexity index is 308. The summed E-state index contributed by atoms with van der Waals surface area (Å²) in [6.07, 6.45) is 2.00. The molecule has 1 unspecified atom stereocenters. The van der Waals surface area contributed by atoms with Gasteiger partial charge in [0.1, 0.15) is 6.04 Å². The molecule has 3 atom stereocenters. The second-order valence-corrected chi connectivity index (χ2v) is 4.74. The van der Waals surface area contributed by atoms with Gasteiger partial charge >= 0.3 is 12.0 Å². The zero-order chi connectivity index (χ0) is 13.7. The number of aliphatic carboxylic acids is 1. The molecule has 1 saturated heterocycles. The minimum Gasteiger partial charge on any atom is -0.480 e. The van der Waals surface area contributed by atoms with Crippen LogP contribution in [0.15, 0.2) is 0 Å². The van der Waals surface area contributed by atoms with Gasteiger partial charge in [-0.2, -0.15) is 0 Å². The molecule has 6 heteroatoms. The Labute approximate surface area is 107 Å². The van der Waals surface area contributed by atoms with Crippen molar-refractivity contribution in [3.63, 3.8) is 0 Å². The first-order chi connectivity index (χ1) is 8.49. The molecule has 0 aromatic heterocycles. The van der Waals surface area contributed by atoms with Crippen LogP contribution >= 0.6 is 0 Å². The predicted octanol–water partition coefficient (Wildman–Crippen LogP) is 0.794. The molecule has 1 heterocycles. The van der Waals surface area contributed by atoms with E-state index in [4.69, 9.17) is 5.11 Å². The highest BCUT2D eigenvalue weighted by Gasteiger charge is 2.39. The van der Waals surface area contributed by atoms with E-state index in [0.717, 1.165) is 19.3 Å². The number of rotatable bonds is 5. The Morgan fingerprint density at radius 2 is 2.11 bits per heavy atom. The molecular weight excluding hydrogens is 236 g/mol. The van der Waals surface area contributed by atoms with Gasteiger partial charge in [0, 0.05) is 19.0 Å². The minimum atomic E-state index is -1.06. The molecule has 104 valence electrons. The first kappa shape index (κ1) is 14.8. The van der Waals surface area contributed by atoms with Gasteiger partial charge < -0.3 is 20.4 Å². The molecule has 0 spiro atoms. The topological polar surface area (TPSA) is 89.9 Å². The van der Waals surface area contributed by atoms with Crippen molar-refractivity contribution in [1.82, 2.24) is 10.2 Å². The lowest BCUT2D eigenvalue weighted by atomic mass is 10.1. The Morgan fingerprint density at radius 3 is 2.61 bits per heavy atom. The van der Waals surface area contributed by atoms with Gasteiger partial charge in [-0.25, -0.2) is 9.59 Å². The Balaban J connectivity index is 2.61. The van der Waals surface area contributed by atoms with Crippen molar-refractivity contribution >= 4 is 12.0 Å². The first-order valence-corrected chi connectivity index (χ1v) is 6.47. The van der Waals surface area contributed by atoms with Crippen LogP contribution in [0, 0.1) is 0 Å². The summed E-state index contributed by atoms with van der Waals surface area (Å²) in [5, 5.41) is 21.3. The molecule has 0 radical (unpaired) electrons. The molecule has 0 aliphatic carbocycles. The monoisotopic (exact) mass is 258 g/mol. The van der Waals surface area contributed by atoms with Crippen LogP contribution in [0.1, 0.15) is 39.5 Å². The maximum absolute atomic E-state index is 12.0. The van der Waals surface area contributed by atoms with E-state index in [0.29, 0.717) is 0 Å². The molecule has 2 amide bonds. The molecule has 0 saturated carbocycles. The third-order valence-corrected chi connectivity index (χ3v) is 3.28. The van der Waals surface area contributed by atoms with Crippen molar-refractivity contribution in [1.29, 1.82) is 0 Å². The van der Waals surface area contributed by atoms with Gasteiger partial charge in [0.15, 0.2) is 0 Å². The van der Waals surface area contributed by atoms with Crippen molar-refractivity contribution in [3.05, 3.63) is 0 Å². The number of β-amino-alcohol motifs (C(OH)–C–C–N with tert-alkyl or cyclic N) is 1. The fourth-order valence-electron chi connectivity index (χ4n) is 2.26. The highest BCUT2D eigenvalue weighted by Crippen LogP contribution is 2.18. The molecule has 1 rings (SSSR count). The number of hydrogen-bond donors (Lipinski definition) is 3. The largest absolute Gasteiger partial charge is 0.480 e. The van der Waals surface area contributed by atoms with E-state index in [2.05, 4.69) is 5.32 Å². The smallest absolute Gasteiger partial charge is 0.326 e. The average molecular weight is 258 g/mol. The van der Waals surface area contributed by atoms with Crippen LogP contribution in [-0.2, 0) is 4.79 Å². The van der Waals surface area contributed by atoms with Crippen LogP contribution in [-0.4, -0.2) is 51.8 Å². The van der Waals surface area contributed by atoms with Crippen LogP contribution in [0.3, 0.4) is 0 Å². The molecular formula is C12H22N2O4. The fraction of sp³-hybridized carbons (Fsp3) is 0.833. The van der Waals surface area contributed by atoms with E-state index < -0.39 is 18.1 Å². The van der Waals surface area contributed by atoms with Crippen molar-refractivity contribution < 1.29 is 19.8 Å². The van der Waals surface area contributed by atoms with Crippen molar-refractivity contribution in [2.24, 2.45) is 0 Å². The van der Waals surface area contributed by atoms with Gasteiger partial charge in [0.2, 0.25) is 0 Å². The number of carbonyl (C=O) groups excluding carboxylic acids is 1. The number of carboxylic acid groups (broad SMARTS) is 1. The van der Waals surface area contributed by atoms with Gasteiger partial charge in [-0.05, 0) is 12.8 Å². The number of amides is 2. The molecule has 0 aromatic rings. The summed E-state index contributed by atoms with van der Waals surface area (Å²) in [6, 6.07) is -1.24. The van der Waals surface area contributed by atoms with Gasteiger partial charge in [-0.1, -0.05) is 20.3 Å². The summed E-state index contributed by atoms with van der Waals surface area (Å²) >= 11 is 0. The summed E-state index contributed by atoms with van der Waals surface area (Å²) in [6.45, 7) is 4.11. The summed E-state index contributed by atoms with van der Waals surface area (Å²) < 4.78 is 0. The Hall–Kier alpha value is -1.30. The third-order valence-electron chi connectivity index (χ3n) is 3.28. The summed E-state index contributed by atoms with van der Waals surface area (Å²) in [7, 11) is 0. The lowest BCUT2D eigenvalue weighted by Crippen LogP contribution is -2.49. The molecule has 3 N–H and O–H groups in total. The number of nitrogens with one attached hydrogen (secondary N) is 1. The zero-order valence-corrected chi connectivity index (χ0v) is 10.9. The summed E-state index contributed by atoms with van der Waals surface area (Å²) in [5.74, 6) is -1.06. The number of aliphatic hydroxyl groups excluding tert-OH is 1. The molecule has 1 fully saturated rings. The fourth-order valence-corrected chi connectivity index (χ4v) is 2.26. The second-order valence-electron chi connectivity index (χ2n) is 4.74. The van der Waals surface area contributed by atoms with Gasteiger partial charge in [-0.15, -0.1) is 0 Å². The highest BCUT2D eigenvalue weighted by molar-refractivity contribution is 5.83. The van der Waals surface area contributed by atoms with Gasteiger partial charge in [-0.3, -0.25) is 0 Å². The number of hydrogen-bond acceptors (Lipinski definition) is 3. The third kappa shape index (κ3) is 3.60. The molecule has 1 aliphatic heterocycles. The average Bonchev–Trinajstić information content (AvgIpc) is 2.71. The number of nitrogens with zero attached hydrogens (tertiary/aromatic N) is 1. The van der Waals surface area contributed by atoms with Crippen molar-refractivity contribution in [2.75, 3.05) is 6.54 Å². The van der Waals surface area contributed by atoms with Gasteiger partial charge in [0.25, 0.3) is 0 Å². The number of likely N-dealkylation sites (tertiary alicyclic amines) is 1. The van der Waals surface area contributed by atoms with Crippen LogP contribution < -0.4 is 5.32 Å². The lowest BCUT2D eigenvalue weighted by Gasteiger charge is -2.25. The second kappa shape index (κ2) is 6.58. The van der Waals surface area contributed by atoms with E-state index in [9.17, 15) is 14.7 Å². The van der Waals surface area contributed by atoms with Crippen LogP contribution in [0.5, 0.6) is 0 Å². The van der Waals surface area contributed by atoms with E-state index >= 15 is 0 Å². The zero-order valence-electron chi connectivity index (χ0n) is 10.9. The maximum Gasteiger partial charge on any atom is 0.326 e. The van der Waals surface area contributed by atoms with Crippen LogP contribution in [0.2, 0.25) is 0 Å². The Morgan fingerprint density at radius 1 is 1.44 bits per heavy atom. The van der Waals surface area contributed by atoms with Crippen molar-refractivity contribution in [2.45, 2.75) is 57.7 Å². The van der Waals surface area contributed by atoms with Crippen LogP contribution in [0.4, 0.5) is 4.79 Å². The molecule has 6 nitrogen and oxygen atoms in total. The SMILES string of the molecule is CCCC(CC)NC(=O)N1C[C@H](O)C[C@@H]1C(=O)O. The van der Waals surface area contributed by atoms with Gasteiger partial charge in [0.05, 0.1) is 6.10 Å². The van der Waals surface area contributed by atoms with E-state index in [1.54, 1.807) is 0 Å². The lowest BCUT2D eigenvalue weighted by molar-refractivity contribution is -0.141. The van der Waals surface area contributed by atoms with E-state index in [-0.39, 0.29) is 25.0 Å². The summed E-state index contributed by atoms with van der Waals surface area (Å²) in [4.78, 5) is 24.2. The van der Waals surface area contributed by atoms with Crippen molar-refractivity contribution in [3.8, 4) is 0 Å². The standard InChI is InChI=1S/C12H22N2O4/c1-3-5-8(4-2)13-12(18)14-7-9(15)6-10(14)11(16)17/h8-10,15H,3-7H2,1-2H3,(H,13,18)(H,16,17)/t8?,9-,10-/m1/s1. The Kier molecular flexibility index (Phi) is 5.40. The highest BCUT2D eigenvalue weighted by atomic mass is 16.4. The first-order valence-electron chi connectivity index (χ1n) is 6.47. The number of aliphatic hydroxyl groups is 1. The maximum atomic E-state index is 12.0. The molecule has 18 heavy (non-hydrogen) atoms. The minimum absolute atomic E-state index is 0.0645. The van der Waals surface area contributed by atoms with E-state index in [1.807, 2.05) is 13.8 Å². The number of carbonyl (C=O) groups is 2. The normalized spacial score (nSPS) is 24.9. The summed E-state index contributed by atoms with van der Waals surface area (Å²) in [5.41, 5.74) is 0. The quantitative estimate of drug-likeness (QED) is 0.680. The number of urea groups is 1. The van der Waals surface area contributed by atoms with E-state index in [1.165, 1.54) is 4.90 Å². The van der Waals surface area contributed by atoms with Crippen LogP contribution in [0.25, 0.3) is 0 Å². The molecule has 1 aliphatic rings. The predicted molar refractivity (Wildman–Crippen MR) is 66.3 cm³/mol. The molecule has 0 bridgehead atoms. The number of carboxylic acids is 1. The molecule has 0 aromatic carbocycles.